The predicted molar refractivity (Wildman–Crippen MR) is 121 cm³/mol. The van der Waals surface area contributed by atoms with E-state index in [1.807, 2.05) is 12.3 Å². The highest BCUT2D eigenvalue weighted by molar-refractivity contribution is 7.19. The lowest BCUT2D eigenvalue weighted by molar-refractivity contribution is 0.122. The van der Waals surface area contributed by atoms with Crippen LogP contribution in [0.15, 0.2) is 30.5 Å². The van der Waals surface area contributed by atoms with E-state index in [0.29, 0.717) is 5.28 Å². The van der Waals surface area contributed by atoms with E-state index in [9.17, 15) is 0 Å². The van der Waals surface area contributed by atoms with Crippen LogP contribution in [0.1, 0.15) is 23.4 Å². The molecule has 0 amide bonds. The summed E-state index contributed by atoms with van der Waals surface area (Å²) in [6.07, 6.45) is 5.44. The van der Waals surface area contributed by atoms with Crippen LogP contribution >= 0.6 is 22.9 Å². The van der Waals surface area contributed by atoms with Gasteiger partial charge in [0.05, 0.1) is 23.4 Å². The molecule has 0 atom stereocenters. The fourth-order valence-electron chi connectivity index (χ4n) is 4.39. The number of halogens is 1. The molecule has 30 heavy (non-hydrogen) atoms. The molecule has 2 fully saturated rings. The summed E-state index contributed by atoms with van der Waals surface area (Å²) in [6, 6.07) is 8.40. The van der Waals surface area contributed by atoms with Crippen molar-refractivity contribution < 1.29 is 4.74 Å². The second-order valence-corrected chi connectivity index (χ2v) is 9.56. The molecule has 0 aromatic carbocycles. The van der Waals surface area contributed by atoms with Gasteiger partial charge < -0.3 is 9.64 Å². The molecule has 5 rings (SSSR count). The quantitative estimate of drug-likeness (QED) is 0.555. The fraction of sp³-hybridized carbons (Fsp3) is 0.500. The Morgan fingerprint density at radius 3 is 2.70 bits per heavy atom. The Balaban J connectivity index is 1.25. The summed E-state index contributed by atoms with van der Waals surface area (Å²) in [4.78, 5) is 19.7. The van der Waals surface area contributed by atoms with Gasteiger partial charge in [-0.25, -0.2) is 4.98 Å². The van der Waals surface area contributed by atoms with E-state index in [2.05, 4.69) is 43.0 Å². The number of likely N-dealkylation sites (tertiary alicyclic amines) is 1. The van der Waals surface area contributed by atoms with E-state index in [-0.39, 0.29) is 0 Å². The zero-order valence-electron chi connectivity index (χ0n) is 17.0. The Bertz CT molecular complexity index is 984. The summed E-state index contributed by atoms with van der Waals surface area (Å²) in [7, 11) is 0. The van der Waals surface area contributed by atoms with Crippen molar-refractivity contribution in [2.45, 2.75) is 25.8 Å². The number of hydrogen-bond donors (Lipinski definition) is 0. The van der Waals surface area contributed by atoms with Gasteiger partial charge in [-0.15, -0.1) is 11.3 Å². The monoisotopic (exact) mass is 443 g/mol. The topological polar surface area (TPSA) is 54.4 Å². The highest BCUT2D eigenvalue weighted by Gasteiger charge is 2.22. The van der Waals surface area contributed by atoms with Gasteiger partial charge in [0.25, 0.3) is 0 Å². The fourth-order valence-corrected chi connectivity index (χ4v) is 5.71. The normalized spacial score (nSPS) is 18.9. The van der Waals surface area contributed by atoms with E-state index in [1.165, 1.54) is 23.4 Å². The van der Waals surface area contributed by atoms with Crippen molar-refractivity contribution in [2.24, 2.45) is 5.92 Å². The molecule has 2 aliphatic rings. The molecule has 0 saturated carbocycles. The third kappa shape index (κ3) is 4.59. The number of pyridine rings is 1. The van der Waals surface area contributed by atoms with Crippen LogP contribution in [-0.2, 0) is 17.7 Å². The molecule has 0 spiro atoms. The first-order chi connectivity index (χ1) is 14.7. The SMILES string of the molecule is Clc1nc(N2CCOCC2)c2sc(CN3CCC(Cc4ccccn4)CC3)cc2n1. The summed E-state index contributed by atoms with van der Waals surface area (Å²) in [6.45, 7) is 6.39. The van der Waals surface area contributed by atoms with Gasteiger partial charge in [-0.1, -0.05) is 6.07 Å². The van der Waals surface area contributed by atoms with E-state index >= 15 is 0 Å². The van der Waals surface area contributed by atoms with Gasteiger partial charge in [0.15, 0.2) is 5.82 Å². The minimum absolute atomic E-state index is 0.323. The predicted octanol–water partition coefficient (Wildman–Crippen LogP) is 4.03. The first kappa shape index (κ1) is 20.1. The van der Waals surface area contributed by atoms with Crippen LogP contribution in [0.2, 0.25) is 5.28 Å². The molecule has 8 heteroatoms. The van der Waals surface area contributed by atoms with Crippen LogP contribution in [0.4, 0.5) is 5.82 Å². The molecular formula is C22H26ClN5OS. The first-order valence-electron chi connectivity index (χ1n) is 10.7. The molecule has 0 bridgehead atoms. The molecule has 0 N–H and O–H groups in total. The molecule has 3 aromatic rings. The molecule has 0 aliphatic carbocycles. The largest absolute Gasteiger partial charge is 0.378 e. The van der Waals surface area contributed by atoms with Crippen molar-refractivity contribution in [1.29, 1.82) is 0 Å². The van der Waals surface area contributed by atoms with Crippen LogP contribution < -0.4 is 4.90 Å². The van der Waals surface area contributed by atoms with Crippen LogP contribution in [-0.4, -0.2) is 59.2 Å². The minimum Gasteiger partial charge on any atom is -0.378 e. The van der Waals surface area contributed by atoms with Gasteiger partial charge in [-0.2, -0.15) is 4.98 Å². The molecule has 2 saturated heterocycles. The molecule has 6 nitrogen and oxygen atoms in total. The van der Waals surface area contributed by atoms with Gasteiger partial charge in [-0.3, -0.25) is 9.88 Å². The number of aromatic nitrogens is 3. The summed E-state index contributed by atoms with van der Waals surface area (Å²) >= 11 is 8.04. The van der Waals surface area contributed by atoms with Crippen molar-refractivity contribution in [1.82, 2.24) is 19.9 Å². The standard InChI is InChI=1S/C22H26ClN5OS/c23-22-25-19-14-18(30-20(19)21(26-22)28-9-11-29-12-10-28)15-27-7-4-16(5-8-27)13-17-3-1-2-6-24-17/h1-3,6,14,16H,4-5,7-13,15H2. The Hall–Kier alpha value is -1.80. The number of hydrogen-bond acceptors (Lipinski definition) is 7. The Morgan fingerprint density at radius 2 is 1.93 bits per heavy atom. The second kappa shape index (κ2) is 9.14. The van der Waals surface area contributed by atoms with Gasteiger partial charge in [0.2, 0.25) is 5.28 Å². The average Bonchev–Trinajstić information content (AvgIpc) is 3.18. The number of fused-ring (bicyclic) bond motifs is 1. The summed E-state index contributed by atoms with van der Waals surface area (Å²) < 4.78 is 6.63. The summed E-state index contributed by atoms with van der Waals surface area (Å²) in [5.41, 5.74) is 2.17. The Morgan fingerprint density at radius 1 is 1.10 bits per heavy atom. The lowest BCUT2D eigenvalue weighted by atomic mass is 9.92. The van der Waals surface area contributed by atoms with Crippen LogP contribution in [0.25, 0.3) is 10.2 Å². The maximum absolute atomic E-state index is 6.24. The number of anilines is 1. The van der Waals surface area contributed by atoms with Crippen LogP contribution in [0.5, 0.6) is 0 Å². The zero-order chi connectivity index (χ0) is 20.3. The maximum Gasteiger partial charge on any atom is 0.224 e. The lowest BCUT2D eigenvalue weighted by Gasteiger charge is -2.31. The molecular weight excluding hydrogens is 418 g/mol. The second-order valence-electron chi connectivity index (χ2n) is 8.09. The molecule has 2 aliphatic heterocycles. The molecule has 5 heterocycles. The molecule has 158 valence electrons. The van der Waals surface area contributed by atoms with E-state index in [1.54, 1.807) is 11.3 Å². The lowest BCUT2D eigenvalue weighted by Crippen LogP contribution is -2.36. The summed E-state index contributed by atoms with van der Waals surface area (Å²) in [5.74, 6) is 1.69. The van der Waals surface area contributed by atoms with Crippen molar-refractivity contribution in [2.75, 3.05) is 44.3 Å². The van der Waals surface area contributed by atoms with Gasteiger partial charge in [0.1, 0.15) is 0 Å². The first-order valence-corrected chi connectivity index (χ1v) is 11.8. The van der Waals surface area contributed by atoms with Crippen molar-refractivity contribution in [3.8, 4) is 0 Å². The third-order valence-corrected chi connectivity index (χ3v) is 7.27. The van der Waals surface area contributed by atoms with Gasteiger partial charge in [-0.05, 0) is 68.1 Å². The van der Waals surface area contributed by atoms with Gasteiger partial charge in [0, 0.05) is 36.4 Å². The van der Waals surface area contributed by atoms with Crippen LogP contribution in [0.3, 0.4) is 0 Å². The molecule has 0 unspecified atom stereocenters. The van der Waals surface area contributed by atoms with E-state index < -0.39 is 0 Å². The van der Waals surface area contributed by atoms with Crippen LogP contribution in [0, 0.1) is 5.92 Å². The third-order valence-electron chi connectivity index (χ3n) is 6.00. The van der Waals surface area contributed by atoms with E-state index in [0.717, 1.165) is 74.3 Å². The Kier molecular flexibility index (Phi) is 6.13. The number of nitrogens with zero attached hydrogens (tertiary/aromatic N) is 5. The molecule has 0 radical (unpaired) electrons. The smallest absolute Gasteiger partial charge is 0.224 e. The number of ether oxygens (including phenoxy) is 1. The van der Waals surface area contributed by atoms with Crippen molar-refractivity contribution in [3.05, 3.63) is 46.3 Å². The van der Waals surface area contributed by atoms with Gasteiger partial charge >= 0.3 is 0 Å². The molecule has 3 aromatic heterocycles. The van der Waals surface area contributed by atoms with Crippen molar-refractivity contribution >= 4 is 39.0 Å². The Labute approximate surface area is 185 Å². The summed E-state index contributed by atoms with van der Waals surface area (Å²) in [5, 5.41) is 0.323. The minimum atomic E-state index is 0.323. The highest BCUT2D eigenvalue weighted by atomic mass is 35.5. The number of morpholine rings is 1. The zero-order valence-corrected chi connectivity index (χ0v) is 18.5. The number of thiophene rings is 1. The number of rotatable bonds is 5. The highest BCUT2D eigenvalue weighted by Crippen LogP contribution is 2.34. The number of piperidine rings is 1. The maximum atomic E-state index is 6.24. The average molecular weight is 444 g/mol. The van der Waals surface area contributed by atoms with E-state index in [4.69, 9.17) is 16.3 Å². The van der Waals surface area contributed by atoms with Crippen molar-refractivity contribution in [3.63, 3.8) is 0 Å².